The van der Waals surface area contributed by atoms with Crippen molar-refractivity contribution in [3.05, 3.63) is 34.3 Å². The lowest BCUT2D eigenvalue weighted by Gasteiger charge is -2.18. The molecule has 0 bridgehead atoms. The monoisotopic (exact) mass is 283 g/mol. The fourth-order valence-corrected chi connectivity index (χ4v) is 2.77. The number of benzene rings is 1. The molecular formula is C13H18BrNO. The van der Waals surface area contributed by atoms with E-state index in [4.69, 9.17) is 10.5 Å². The van der Waals surface area contributed by atoms with E-state index in [9.17, 15) is 0 Å². The van der Waals surface area contributed by atoms with Crippen molar-refractivity contribution in [2.24, 2.45) is 11.7 Å². The normalized spacial score (nSPS) is 24.9. The van der Waals surface area contributed by atoms with Crippen LogP contribution in [0, 0.1) is 5.92 Å². The highest BCUT2D eigenvalue weighted by atomic mass is 79.9. The van der Waals surface area contributed by atoms with Crippen LogP contribution in [0.15, 0.2) is 28.7 Å². The average molecular weight is 284 g/mol. The summed E-state index contributed by atoms with van der Waals surface area (Å²) in [6.45, 7) is 1.45. The first-order chi connectivity index (χ1) is 7.79. The van der Waals surface area contributed by atoms with Gasteiger partial charge in [0, 0.05) is 4.47 Å². The maximum Gasteiger partial charge on any atom is 0.0721 e. The van der Waals surface area contributed by atoms with Crippen molar-refractivity contribution >= 4 is 15.9 Å². The molecule has 1 fully saturated rings. The lowest BCUT2D eigenvalue weighted by atomic mass is 10.1. The van der Waals surface area contributed by atoms with Crippen LogP contribution in [-0.4, -0.2) is 12.6 Å². The number of hydrogen-bond acceptors (Lipinski definition) is 2. The minimum Gasteiger partial charge on any atom is -0.373 e. The van der Waals surface area contributed by atoms with E-state index in [1.807, 2.05) is 12.1 Å². The van der Waals surface area contributed by atoms with E-state index in [2.05, 4.69) is 28.1 Å². The van der Waals surface area contributed by atoms with Gasteiger partial charge in [0.1, 0.15) is 0 Å². The summed E-state index contributed by atoms with van der Waals surface area (Å²) in [5.41, 5.74) is 6.95. The summed E-state index contributed by atoms with van der Waals surface area (Å²) in [7, 11) is 0. The number of hydrogen-bond donors (Lipinski definition) is 1. The second kappa shape index (κ2) is 5.80. The van der Waals surface area contributed by atoms with Crippen LogP contribution in [0.25, 0.3) is 0 Å². The maximum absolute atomic E-state index is 5.95. The van der Waals surface area contributed by atoms with Crippen LogP contribution in [0.1, 0.15) is 24.8 Å². The quantitative estimate of drug-likeness (QED) is 0.922. The highest BCUT2D eigenvalue weighted by molar-refractivity contribution is 9.10. The maximum atomic E-state index is 5.95. The van der Waals surface area contributed by atoms with E-state index < -0.39 is 0 Å². The molecule has 0 heterocycles. The van der Waals surface area contributed by atoms with Crippen molar-refractivity contribution in [1.82, 2.24) is 0 Å². The van der Waals surface area contributed by atoms with Crippen molar-refractivity contribution in [2.75, 3.05) is 6.54 Å². The SMILES string of the molecule is NCC1CCCC1OCc1cccc(Br)c1. The molecule has 2 unspecified atom stereocenters. The van der Waals surface area contributed by atoms with Gasteiger partial charge in [-0.25, -0.2) is 0 Å². The Hall–Kier alpha value is -0.380. The highest BCUT2D eigenvalue weighted by Crippen LogP contribution is 2.28. The van der Waals surface area contributed by atoms with E-state index >= 15 is 0 Å². The van der Waals surface area contributed by atoms with Crippen LogP contribution >= 0.6 is 15.9 Å². The second-order valence-electron chi connectivity index (χ2n) is 4.41. The Morgan fingerprint density at radius 1 is 1.38 bits per heavy atom. The van der Waals surface area contributed by atoms with Gasteiger partial charge in [-0.1, -0.05) is 34.5 Å². The van der Waals surface area contributed by atoms with Crippen LogP contribution in [0.4, 0.5) is 0 Å². The molecule has 0 aromatic heterocycles. The molecule has 1 aromatic rings. The van der Waals surface area contributed by atoms with Gasteiger partial charge in [0.15, 0.2) is 0 Å². The van der Waals surface area contributed by atoms with Gasteiger partial charge < -0.3 is 10.5 Å². The first kappa shape index (κ1) is 12.1. The van der Waals surface area contributed by atoms with Crippen LogP contribution < -0.4 is 5.73 Å². The van der Waals surface area contributed by atoms with Crippen LogP contribution in [-0.2, 0) is 11.3 Å². The number of halogens is 1. The smallest absolute Gasteiger partial charge is 0.0721 e. The molecular weight excluding hydrogens is 266 g/mol. The molecule has 1 aromatic carbocycles. The molecule has 2 rings (SSSR count). The molecule has 0 amide bonds. The van der Waals surface area contributed by atoms with Crippen LogP contribution in [0.2, 0.25) is 0 Å². The summed E-state index contributed by atoms with van der Waals surface area (Å²) < 4.78 is 7.05. The molecule has 1 aliphatic rings. The highest BCUT2D eigenvalue weighted by Gasteiger charge is 2.26. The molecule has 88 valence electrons. The van der Waals surface area contributed by atoms with E-state index in [0.29, 0.717) is 18.6 Å². The average Bonchev–Trinajstić information content (AvgIpc) is 2.74. The van der Waals surface area contributed by atoms with E-state index in [1.165, 1.54) is 18.4 Å². The van der Waals surface area contributed by atoms with Gasteiger partial charge in [-0.2, -0.15) is 0 Å². The first-order valence-electron chi connectivity index (χ1n) is 5.85. The van der Waals surface area contributed by atoms with Gasteiger partial charge >= 0.3 is 0 Å². The summed E-state index contributed by atoms with van der Waals surface area (Å²) in [6.07, 6.45) is 4.00. The van der Waals surface area contributed by atoms with Crippen molar-refractivity contribution in [2.45, 2.75) is 32.0 Å². The van der Waals surface area contributed by atoms with Crippen molar-refractivity contribution in [1.29, 1.82) is 0 Å². The Labute approximate surface area is 105 Å². The third kappa shape index (κ3) is 3.06. The van der Waals surface area contributed by atoms with E-state index in [-0.39, 0.29) is 0 Å². The molecule has 2 atom stereocenters. The van der Waals surface area contributed by atoms with E-state index in [0.717, 1.165) is 17.4 Å². The van der Waals surface area contributed by atoms with Crippen LogP contribution in [0.5, 0.6) is 0 Å². The van der Waals surface area contributed by atoms with Gasteiger partial charge in [-0.3, -0.25) is 0 Å². The van der Waals surface area contributed by atoms with Gasteiger partial charge in [-0.15, -0.1) is 0 Å². The predicted molar refractivity (Wildman–Crippen MR) is 69.1 cm³/mol. The second-order valence-corrected chi connectivity index (χ2v) is 5.32. The minimum absolute atomic E-state index is 0.365. The summed E-state index contributed by atoms with van der Waals surface area (Å²) in [5.74, 6) is 0.562. The fraction of sp³-hybridized carbons (Fsp3) is 0.538. The standard InChI is InChI=1S/C13H18BrNO/c14-12-5-1-3-10(7-12)9-16-13-6-2-4-11(13)8-15/h1,3,5,7,11,13H,2,4,6,8-9,15H2. The number of rotatable bonds is 4. The molecule has 0 saturated heterocycles. The fourth-order valence-electron chi connectivity index (χ4n) is 2.32. The lowest BCUT2D eigenvalue weighted by Crippen LogP contribution is -2.25. The molecule has 16 heavy (non-hydrogen) atoms. The summed E-state index contributed by atoms with van der Waals surface area (Å²) >= 11 is 3.47. The topological polar surface area (TPSA) is 35.2 Å². The van der Waals surface area contributed by atoms with Crippen LogP contribution in [0.3, 0.4) is 0 Å². The number of ether oxygens (including phenoxy) is 1. The Balaban J connectivity index is 1.87. The third-order valence-corrected chi connectivity index (χ3v) is 3.74. The third-order valence-electron chi connectivity index (χ3n) is 3.25. The molecule has 2 N–H and O–H groups in total. The minimum atomic E-state index is 0.365. The van der Waals surface area contributed by atoms with Crippen molar-refractivity contribution in [3.8, 4) is 0 Å². The largest absolute Gasteiger partial charge is 0.373 e. The van der Waals surface area contributed by atoms with E-state index in [1.54, 1.807) is 0 Å². The van der Waals surface area contributed by atoms with Crippen molar-refractivity contribution < 1.29 is 4.74 Å². The van der Waals surface area contributed by atoms with Gasteiger partial charge in [0.05, 0.1) is 12.7 Å². The summed E-state index contributed by atoms with van der Waals surface area (Å²) in [4.78, 5) is 0. The molecule has 1 aliphatic carbocycles. The molecule has 0 spiro atoms. The molecule has 0 aliphatic heterocycles. The zero-order chi connectivity index (χ0) is 11.4. The van der Waals surface area contributed by atoms with Crippen molar-refractivity contribution in [3.63, 3.8) is 0 Å². The lowest BCUT2D eigenvalue weighted by molar-refractivity contribution is 0.0182. The summed E-state index contributed by atoms with van der Waals surface area (Å²) in [5, 5.41) is 0. The first-order valence-corrected chi connectivity index (χ1v) is 6.65. The Kier molecular flexibility index (Phi) is 4.38. The predicted octanol–water partition coefficient (Wildman–Crippen LogP) is 3.09. The number of nitrogens with two attached hydrogens (primary N) is 1. The van der Waals surface area contributed by atoms with Gasteiger partial charge in [-0.05, 0) is 43.0 Å². The zero-order valence-corrected chi connectivity index (χ0v) is 10.9. The zero-order valence-electron chi connectivity index (χ0n) is 9.36. The molecule has 3 heteroatoms. The Morgan fingerprint density at radius 2 is 2.25 bits per heavy atom. The Morgan fingerprint density at radius 3 is 3.00 bits per heavy atom. The Bertz CT molecular complexity index is 342. The molecule has 1 saturated carbocycles. The van der Waals surface area contributed by atoms with Gasteiger partial charge in [0.2, 0.25) is 0 Å². The molecule has 0 radical (unpaired) electrons. The van der Waals surface area contributed by atoms with Gasteiger partial charge in [0.25, 0.3) is 0 Å². The molecule has 2 nitrogen and oxygen atoms in total. The summed E-state index contributed by atoms with van der Waals surface area (Å²) in [6, 6.07) is 8.27.